The maximum absolute atomic E-state index is 11.4. The molecule has 0 aliphatic carbocycles. The normalized spacial score (nSPS) is 11.6. The van der Waals surface area contributed by atoms with Crippen LogP contribution in [0.2, 0.25) is 0 Å². The Balaban J connectivity index is 2.46. The van der Waals surface area contributed by atoms with Gasteiger partial charge in [0.2, 0.25) is 5.95 Å². The molecule has 0 unspecified atom stereocenters. The number of anilines is 1. The smallest absolute Gasteiger partial charge is 0.222 e. The minimum absolute atomic E-state index is 0.00369. The van der Waals surface area contributed by atoms with Gasteiger partial charge in [0, 0.05) is 0 Å². The number of nitrogens with two attached hydrogens (primary N) is 1. The summed E-state index contributed by atoms with van der Waals surface area (Å²) in [6.07, 6.45) is 1.75. The number of thioether (sulfide) groups is 2. The Morgan fingerprint density at radius 2 is 1.95 bits per heavy atom. The summed E-state index contributed by atoms with van der Waals surface area (Å²) >= 11 is 2.17. The number of hydrogen-bond acceptors (Lipinski definition) is 8. The molecule has 1 heterocycles. The van der Waals surface area contributed by atoms with E-state index >= 15 is 0 Å². The number of carbonyl (C=O) groups excluding carboxylic acids is 1. The van der Waals surface area contributed by atoms with E-state index in [0.717, 1.165) is 11.8 Å². The molecule has 0 spiro atoms. The summed E-state index contributed by atoms with van der Waals surface area (Å²) in [4.78, 5) is 19.4. The number of benzene rings is 1. The highest BCUT2D eigenvalue weighted by Gasteiger charge is 2.20. The van der Waals surface area contributed by atoms with Gasteiger partial charge in [0.05, 0.1) is 11.2 Å². The molecule has 0 aliphatic rings. The van der Waals surface area contributed by atoms with E-state index < -0.39 is 11.2 Å². The summed E-state index contributed by atoms with van der Waals surface area (Å²) < 4.78 is 0. The summed E-state index contributed by atoms with van der Waals surface area (Å²) in [6.45, 7) is 0. The van der Waals surface area contributed by atoms with Crippen LogP contribution < -0.4 is 10.8 Å². The van der Waals surface area contributed by atoms with Crippen LogP contribution in [0, 0.1) is 11.3 Å². The quantitative estimate of drug-likeness (QED) is 0.642. The average Bonchev–Trinajstić information content (AvgIpc) is 2.52. The Morgan fingerprint density at radius 3 is 2.50 bits per heavy atom. The van der Waals surface area contributed by atoms with E-state index in [1.807, 2.05) is 6.07 Å². The highest BCUT2D eigenvalue weighted by molar-refractivity contribution is 8.00. The van der Waals surface area contributed by atoms with Gasteiger partial charge in [-0.1, -0.05) is 42.1 Å². The summed E-state index contributed by atoms with van der Waals surface area (Å²) in [5.74, 6) is -1.26. The van der Waals surface area contributed by atoms with Gasteiger partial charge in [-0.15, -0.1) is 11.8 Å². The predicted octanol–water partition coefficient (Wildman–Crippen LogP) is 1.24. The van der Waals surface area contributed by atoms with Crippen LogP contribution in [-0.2, 0) is 4.79 Å². The van der Waals surface area contributed by atoms with E-state index in [4.69, 9.17) is 5.73 Å². The second-order valence-corrected chi connectivity index (χ2v) is 6.00. The van der Waals surface area contributed by atoms with E-state index in [-0.39, 0.29) is 16.5 Å². The topological polar surface area (TPSA) is 116 Å². The maximum Gasteiger partial charge on any atom is 0.222 e. The molecule has 0 fully saturated rings. The molecule has 0 amide bonds. The lowest BCUT2D eigenvalue weighted by Gasteiger charge is -2.18. The molecule has 6 nitrogen and oxygen atoms in total. The van der Waals surface area contributed by atoms with E-state index in [1.54, 1.807) is 36.6 Å². The highest BCUT2D eigenvalue weighted by atomic mass is 32.2. The molecule has 2 N–H and O–H groups in total. The van der Waals surface area contributed by atoms with Gasteiger partial charge in [-0.05, 0) is 11.8 Å². The summed E-state index contributed by atoms with van der Waals surface area (Å²) in [7, 11) is 0. The third-order valence-corrected chi connectivity index (χ3v) is 4.61. The van der Waals surface area contributed by atoms with Crippen LogP contribution in [-0.4, -0.2) is 22.2 Å². The Bertz CT molecular complexity index is 732. The van der Waals surface area contributed by atoms with E-state index in [9.17, 15) is 15.2 Å². The Morgan fingerprint density at radius 1 is 1.32 bits per heavy atom. The molecule has 1 aromatic carbocycles. The minimum Gasteiger partial charge on any atom is -0.549 e. The van der Waals surface area contributed by atoms with Crippen molar-refractivity contribution in [1.29, 1.82) is 5.26 Å². The molecule has 22 heavy (non-hydrogen) atoms. The van der Waals surface area contributed by atoms with Crippen LogP contribution in [0.3, 0.4) is 0 Å². The van der Waals surface area contributed by atoms with Crippen LogP contribution in [0.4, 0.5) is 5.95 Å². The molecule has 112 valence electrons. The molecular weight excluding hydrogens is 320 g/mol. The number of carboxylic acids is 1. The molecular formula is C14H11N4O2S2-. The fraction of sp³-hybridized carbons (Fsp3) is 0.143. The van der Waals surface area contributed by atoms with Crippen molar-refractivity contribution in [1.82, 2.24) is 9.97 Å². The standard InChI is InChI=1S/C14H12N4O2S2/c1-21-11-9(7-15)12(18-14(16)17-11)22-10(13(19)20)8-5-3-2-4-6-8/h2-6,10H,1H3,(H,19,20)(H2,16,17,18)/p-1/t10-/m0/s1. The first-order chi connectivity index (χ1) is 10.6. The zero-order chi connectivity index (χ0) is 16.1. The number of carboxylic acid groups (broad SMARTS) is 1. The van der Waals surface area contributed by atoms with Gasteiger partial charge >= 0.3 is 0 Å². The number of hydrogen-bond donors (Lipinski definition) is 1. The minimum atomic E-state index is -1.26. The molecule has 0 saturated heterocycles. The number of aromatic nitrogens is 2. The van der Waals surface area contributed by atoms with Gasteiger partial charge in [-0.3, -0.25) is 0 Å². The first kappa shape index (κ1) is 16.1. The number of nitrogens with zero attached hydrogens (tertiary/aromatic N) is 3. The lowest BCUT2D eigenvalue weighted by atomic mass is 10.1. The van der Waals surface area contributed by atoms with Crippen molar-refractivity contribution in [3.63, 3.8) is 0 Å². The zero-order valence-corrected chi connectivity index (χ0v) is 13.1. The van der Waals surface area contributed by atoms with Crippen LogP contribution in [0.15, 0.2) is 40.4 Å². The largest absolute Gasteiger partial charge is 0.549 e. The Hall–Kier alpha value is -2.24. The Labute approximate surface area is 135 Å². The van der Waals surface area contributed by atoms with E-state index in [2.05, 4.69) is 9.97 Å². The van der Waals surface area contributed by atoms with Gasteiger partial charge in [0.15, 0.2) is 0 Å². The van der Waals surface area contributed by atoms with Crippen LogP contribution >= 0.6 is 23.5 Å². The molecule has 0 aliphatic heterocycles. The van der Waals surface area contributed by atoms with Gasteiger partial charge in [-0.2, -0.15) is 5.26 Å². The third kappa shape index (κ3) is 3.50. The van der Waals surface area contributed by atoms with Crippen molar-refractivity contribution >= 4 is 35.4 Å². The maximum atomic E-state index is 11.4. The lowest BCUT2D eigenvalue weighted by molar-refractivity contribution is -0.305. The average molecular weight is 331 g/mol. The number of rotatable bonds is 5. The molecule has 0 bridgehead atoms. The van der Waals surface area contributed by atoms with Crippen LogP contribution in [0.5, 0.6) is 0 Å². The van der Waals surface area contributed by atoms with Crippen molar-refractivity contribution in [2.45, 2.75) is 15.3 Å². The fourth-order valence-corrected chi connectivity index (χ4v) is 3.37. The second-order valence-electron chi connectivity index (χ2n) is 4.11. The number of carbonyl (C=O) groups is 1. The summed E-state index contributed by atoms with van der Waals surface area (Å²) in [5.41, 5.74) is 6.40. The van der Waals surface area contributed by atoms with Crippen LogP contribution in [0.25, 0.3) is 0 Å². The molecule has 0 radical (unpaired) electrons. The van der Waals surface area contributed by atoms with Gasteiger partial charge in [-0.25, -0.2) is 9.97 Å². The first-order valence-electron chi connectivity index (χ1n) is 6.11. The highest BCUT2D eigenvalue weighted by Crippen LogP contribution is 2.37. The number of nitrogen functional groups attached to an aromatic ring is 1. The SMILES string of the molecule is CSc1nc(N)nc(S[C@H](C(=O)[O-])c2ccccc2)c1C#N. The molecule has 2 rings (SSSR count). The summed E-state index contributed by atoms with van der Waals surface area (Å²) in [5, 5.41) is 20.4. The van der Waals surface area contributed by atoms with Gasteiger partial charge in [0.1, 0.15) is 21.7 Å². The van der Waals surface area contributed by atoms with Crippen molar-refractivity contribution in [3.8, 4) is 6.07 Å². The van der Waals surface area contributed by atoms with E-state index in [1.165, 1.54) is 11.8 Å². The Kier molecular flexibility index (Phi) is 5.25. The zero-order valence-electron chi connectivity index (χ0n) is 11.5. The predicted molar refractivity (Wildman–Crippen MR) is 83.0 cm³/mol. The van der Waals surface area contributed by atoms with Crippen LogP contribution in [0.1, 0.15) is 16.4 Å². The second kappa shape index (κ2) is 7.15. The third-order valence-electron chi connectivity index (χ3n) is 2.71. The number of aliphatic carboxylic acids is 1. The van der Waals surface area contributed by atoms with Gasteiger partial charge in [0.25, 0.3) is 0 Å². The molecule has 1 atom stereocenters. The van der Waals surface area contributed by atoms with Gasteiger partial charge < -0.3 is 15.6 Å². The lowest BCUT2D eigenvalue weighted by Crippen LogP contribution is -2.28. The molecule has 2 aromatic rings. The fourth-order valence-electron chi connectivity index (χ4n) is 1.76. The monoisotopic (exact) mass is 331 g/mol. The molecule has 8 heteroatoms. The van der Waals surface area contributed by atoms with Crippen molar-refractivity contribution in [3.05, 3.63) is 41.5 Å². The van der Waals surface area contributed by atoms with Crippen molar-refractivity contribution in [2.75, 3.05) is 12.0 Å². The molecule has 1 aromatic heterocycles. The van der Waals surface area contributed by atoms with Crippen molar-refractivity contribution in [2.24, 2.45) is 0 Å². The van der Waals surface area contributed by atoms with Crippen molar-refractivity contribution < 1.29 is 9.90 Å². The first-order valence-corrected chi connectivity index (χ1v) is 8.21. The number of nitriles is 1. The van der Waals surface area contributed by atoms with E-state index in [0.29, 0.717) is 10.6 Å². The summed E-state index contributed by atoms with van der Waals surface area (Å²) in [6, 6.07) is 10.6. The molecule has 0 saturated carbocycles.